The molecular formula is C16H19N3O. The number of benzene rings is 1. The maximum atomic E-state index is 12.1. The molecule has 1 fully saturated rings. The molecule has 4 nitrogen and oxygen atoms in total. The van der Waals surface area contributed by atoms with Gasteiger partial charge < -0.3 is 10.6 Å². The Balaban J connectivity index is 2.14. The van der Waals surface area contributed by atoms with Crippen molar-refractivity contribution in [3.8, 4) is 0 Å². The van der Waals surface area contributed by atoms with Gasteiger partial charge in [0.1, 0.15) is 0 Å². The Labute approximate surface area is 118 Å². The summed E-state index contributed by atoms with van der Waals surface area (Å²) in [7, 11) is 0. The highest BCUT2D eigenvalue weighted by Gasteiger charge is 2.34. The number of nitrogens with two attached hydrogens (primary N) is 1. The molecule has 0 radical (unpaired) electrons. The van der Waals surface area contributed by atoms with Gasteiger partial charge in [-0.15, -0.1) is 0 Å². The molecule has 2 unspecified atom stereocenters. The molecule has 0 saturated carbocycles. The summed E-state index contributed by atoms with van der Waals surface area (Å²) in [5.41, 5.74) is 8.32. The van der Waals surface area contributed by atoms with E-state index < -0.39 is 0 Å². The monoisotopic (exact) mass is 269 g/mol. The van der Waals surface area contributed by atoms with Gasteiger partial charge >= 0.3 is 0 Å². The largest absolute Gasteiger partial charge is 0.334 e. The van der Waals surface area contributed by atoms with Crippen LogP contribution in [0.5, 0.6) is 0 Å². The number of hydrogen-bond donors (Lipinski definition) is 1. The van der Waals surface area contributed by atoms with Crippen LogP contribution < -0.4 is 5.73 Å². The first-order valence-corrected chi connectivity index (χ1v) is 7.11. The Morgan fingerprint density at radius 2 is 2.15 bits per heavy atom. The van der Waals surface area contributed by atoms with Crippen LogP contribution in [-0.4, -0.2) is 28.4 Å². The summed E-state index contributed by atoms with van der Waals surface area (Å²) in [5.74, 6) is 0.187. The van der Waals surface area contributed by atoms with E-state index in [2.05, 4.69) is 4.98 Å². The predicted octanol–water partition coefficient (Wildman–Crippen LogP) is 2.25. The molecule has 1 aliphatic rings. The van der Waals surface area contributed by atoms with Gasteiger partial charge in [0.15, 0.2) is 0 Å². The van der Waals surface area contributed by atoms with E-state index in [4.69, 9.17) is 5.73 Å². The van der Waals surface area contributed by atoms with Gasteiger partial charge in [-0.25, -0.2) is 0 Å². The number of likely N-dealkylation sites (N-methyl/N-ethyl adjacent to an activating group) is 1. The van der Waals surface area contributed by atoms with Crippen LogP contribution in [0.15, 0.2) is 36.5 Å². The van der Waals surface area contributed by atoms with Gasteiger partial charge in [-0.3, -0.25) is 9.78 Å². The van der Waals surface area contributed by atoms with E-state index in [1.165, 1.54) is 0 Å². The highest BCUT2D eigenvalue weighted by Crippen LogP contribution is 2.33. The number of piperidine rings is 1. The molecule has 0 bridgehead atoms. The molecule has 0 spiro atoms. The van der Waals surface area contributed by atoms with E-state index in [-0.39, 0.29) is 18.0 Å². The van der Waals surface area contributed by atoms with Crippen molar-refractivity contribution < 1.29 is 4.79 Å². The first-order chi connectivity index (χ1) is 9.72. The molecule has 2 aromatic rings. The average Bonchev–Trinajstić information content (AvgIpc) is 2.49. The van der Waals surface area contributed by atoms with Gasteiger partial charge in [0.2, 0.25) is 5.91 Å². The molecule has 1 aliphatic heterocycles. The Kier molecular flexibility index (Phi) is 3.40. The Morgan fingerprint density at radius 1 is 1.35 bits per heavy atom. The lowest BCUT2D eigenvalue weighted by molar-refractivity contribution is -0.137. The molecule has 4 heteroatoms. The Bertz CT molecular complexity index is 635. The second kappa shape index (κ2) is 5.21. The van der Waals surface area contributed by atoms with E-state index in [9.17, 15) is 4.79 Å². The maximum Gasteiger partial charge on any atom is 0.223 e. The number of para-hydroxylation sites is 1. The van der Waals surface area contributed by atoms with Crippen molar-refractivity contribution in [1.29, 1.82) is 0 Å². The zero-order valence-electron chi connectivity index (χ0n) is 11.6. The van der Waals surface area contributed by atoms with E-state index in [1.807, 2.05) is 42.2 Å². The van der Waals surface area contributed by atoms with Crippen LogP contribution >= 0.6 is 0 Å². The second-order valence-corrected chi connectivity index (χ2v) is 5.25. The quantitative estimate of drug-likeness (QED) is 0.909. The summed E-state index contributed by atoms with van der Waals surface area (Å²) in [6, 6.07) is 9.96. The molecule has 20 heavy (non-hydrogen) atoms. The third kappa shape index (κ3) is 2.06. The average molecular weight is 269 g/mol. The fourth-order valence-corrected chi connectivity index (χ4v) is 3.12. The van der Waals surface area contributed by atoms with Crippen molar-refractivity contribution in [2.24, 2.45) is 5.73 Å². The molecule has 1 amide bonds. The molecule has 1 aromatic heterocycles. The molecule has 2 heterocycles. The number of nitrogens with zero attached hydrogens (tertiary/aromatic N) is 2. The predicted molar refractivity (Wildman–Crippen MR) is 79.1 cm³/mol. The van der Waals surface area contributed by atoms with Crippen molar-refractivity contribution in [3.05, 3.63) is 42.1 Å². The van der Waals surface area contributed by atoms with Crippen LogP contribution in [0.2, 0.25) is 0 Å². The van der Waals surface area contributed by atoms with Gasteiger partial charge in [-0.1, -0.05) is 24.3 Å². The van der Waals surface area contributed by atoms with E-state index >= 15 is 0 Å². The van der Waals surface area contributed by atoms with Crippen molar-refractivity contribution in [2.75, 3.05) is 6.54 Å². The molecule has 2 atom stereocenters. The number of amides is 1. The van der Waals surface area contributed by atoms with Crippen LogP contribution in [0.4, 0.5) is 0 Å². The summed E-state index contributed by atoms with van der Waals surface area (Å²) in [6.45, 7) is 2.68. The topological polar surface area (TPSA) is 59.2 Å². The van der Waals surface area contributed by atoms with Gasteiger partial charge in [0.25, 0.3) is 0 Å². The molecule has 3 rings (SSSR count). The number of rotatable bonds is 2. The van der Waals surface area contributed by atoms with E-state index in [1.54, 1.807) is 6.20 Å². The standard InChI is InChI=1S/C16H19N3O/c1-2-19-14(20)9-8-13(17)16(19)12-7-3-5-11-6-4-10-18-15(11)12/h3-7,10,13,16H,2,8-9,17H2,1H3. The second-order valence-electron chi connectivity index (χ2n) is 5.25. The zero-order valence-corrected chi connectivity index (χ0v) is 11.6. The Morgan fingerprint density at radius 3 is 2.95 bits per heavy atom. The number of aromatic nitrogens is 1. The summed E-state index contributed by atoms with van der Waals surface area (Å²) < 4.78 is 0. The SMILES string of the molecule is CCN1C(=O)CCC(N)C1c1cccc2cccnc12. The van der Waals surface area contributed by atoms with Crippen molar-refractivity contribution in [2.45, 2.75) is 31.8 Å². The minimum absolute atomic E-state index is 0.0275. The fraction of sp³-hybridized carbons (Fsp3) is 0.375. The third-order valence-electron chi connectivity index (χ3n) is 4.08. The van der Waals surface area contributed by atoms with Crippen LogP contribution in [0.3, 0.4) is 0 Å². The highest BCUT2D eigenvalue weighted by atomic mass is 16.2. The van der Waals surface area contributed by atoms with Gasteiger partial charge in [0, 0.05) is 36.2 Å². The maximum absolute atomic E-state index is 12.1. The molecule has 104 valence electrons. The number of carbonyl (C=O) groups is 1. The van der Waals surface area contributed by atoms with E-state index in [0.29, 0.717) is 13.0 Å². The summed E-state index contributed by atoms with van der Waals surface area (Å²) >= 11 is 0. The molecular weight excluding hydrogens is 250 g/mol. The lowest BCUT2D eigenvalue weighted by Crippen LogP contribution is -2.48. The lowest BCUT2D eigenvalue weighted by Gasteiger charge is -2.39. The van der Waals surface area contributed by atoms with Gasteiger partial charge in [-0.05, 0) is 19.4 Å². The lowest BCUT2D eigenvalue weighted by atomic mass is 9.89. The Hall–Kier alpha value is -1.94. The zero-order chi connectivity index (χ0) is 14.1. The summed E-state index contributed by atoms with van der Waals surface area (Å²) in [6.07, 6.45) is 3.07. The van der Waals surface area contributed by atoms with Crippen LogP contribution in [0.1, 0.15) is 31.4 Å². The minimum Gasteiger partial charge on any atom is -0.334 e. The van der Waals surface area contributed by atoms with Crippen LogP contribution in [0.25, 0.3) is 10.9 Å². The number of pyridine rings is 1. The highest BCUT2D eigenvalue weighted by molar-refractivity contribution is 5.84. The normalized spacial score (nSPS) is 23.3. The molecule has 1 saturated heterocycles. The minimum atomic E-state index is -0.0696. The van der Waals surface area contributed by atoms with Gasteiger partial charge in [0.05, 0.1) is 11.6 Å². The van der Waals surface area contributed by atoms with Crippen molar-refractivity contribution >= 4 is 16.8 Å². The number of fused-ring (bicyclic) bond motifs is 1. The van der Waals surface area contributed by atoms with E-state index in [0.717, 1.165) is 22.9 Å². The molecule has 0 aliphatic carbocycles. The van der Waals surface area contributed by atoms with Crippen LogP contribution in [-0.2, 0) is 4.79 Å². The van der Waals surface area contributed by atoms with Crippen molar-refractivity contribution in [1.82, 2.24) is 9.88 Å². The third-order valence-corrected chi connectivity index (χ3v) is 4.08. The number of hydrogen-bond acceptors (Lipinski definition) is 3. The first kappa shape index (κ1) is 13.1. The molecule has 1 aromatic carbocycles. The van der Waals surface area contributed by atoms with Gasteiger partial charge in [-0.2, -0.15) is 0 Å². The van der Waals surface area contributed by atoms with Crippen LogP contribution in [0, 0.1) is 0 Å². The number of likely N-dealkylation sites (tertiary alicyclic amines) is 1. The van der Waals surface area contributed by atoms with Crippen molar-refractivity contribution in [3.63, 3.8) is 0 Å². The summed E-state index contributed by atoms with van der Waals surface area (Å²) in [4.78, 5) is 18.5. The fourth-order valence-electron chi connectivity index (χ4n) is 3.12. The summed E-state index contributed by atoms with van der Waals surface area (Å²) in [5, 5.41) is 1.09. The number of carbonyl (C=O) groups excluding carboxylic acids is 1. The first-order valence-electron chi connectivity index (χ1n) is 7.11. The smallest absolute Gasteiger partial charge is 0.223 e. The molecule has 2 N–H and O–H groups in total.